The first-order valence-corrected chi connectivity index (χ1v) is 11.2. The fourth-order valence-corrected chi connectivity index (χ4v) is 6.47. The molecule has 1 saturated heterocycles. The van der Waals surface area contributed by atoms with Gasteiger partial charge in [-0.15, -0.1) is 0 Å². The summed E-state index contributed by atoms with van der Waals surface area (Å²) in [6.45, 7) is 3.43. The van der Waals surface area contributed by atoms with E-state index in [1.807, 2.05) is 0 Å². The molecule has 2 heterocycles. The highest BCUT2D eigenvalue weighted by Crippen LogP contribution is 2.55. The lowest BCUT2D eigenvalue weighted by Crippen LogP contribution is -2.61. The molecule has 1 atom stereocenters. The first-order valence-electron chi connectivity index (χ1n) is 11.2. The lowest BCUT2D eigenvalue weighted by Gasteiger charge is -2.56. The predicted octanol–water partition coefficient (Wildman–Crippen LogP) is 1.94. The number of carbonyl (C=O) groups excluding carboxylic acids is 2. The van der Waals surface area contributed by atoms with Gasteiger partial charge in [0.05, 0.1) is 13.2 Å². The molecule has 2 N–H and O–H groups in total. The Morgan fingerprint density at radius 2 is 1.87 bits per heavy atom. The molecule has 30 heavy (non-hydrogen) atoms. The van der Waals surface area contributed by atoms with E-state index in [9.17, 15) is 9.59 Å². The molecule has 4 saturated carbocycles. The quantitative estimate of drug-likeness (QED) is 0.758. The van der Waals surface area contributed by atoms with E-state index in [-0.39, 0.29) is 30.0 Å². The number of urea groups is 1. The zero-order valence-electron chi connectivity index (χ0n) is 17.6. The third-order valence-corrected chi connectivity index (χ3v) is 7.29. The molecule has 164 valence electrons. The van der Waals surface area contributed by atoms with E-state index in [4.69, 9.17) is 9.26 Å². The maximum atomic E-state index is 12.6. The van der Waals surface area contributed by atoms with Crippen LogP contribution in [0.25, 0.3) is 0 Å². The minimum absolute atomic E-state index is 0.00128. The molecule has 9 nitrogen and oxygen atoms in total. The first kappa shape index (κ1) is 19.8. The Labute approximate surface area is 176 Å². The standard InChI is InChI=1S/C21H31N5O4/c1-13-23-19(25-30-13)17-12-26(4-5-29-17)18(27)2-3-22-20(28)24-21-9-14-6-15(10-21)8-16(7-14)11-21/h14-17H,2-12H2,1H3,(H2,22,24,28). The number of nitrogens with one attached hydrogen (secondary N) is 2. The number of nitrogens with zero attached hydrogens (tertiary/aromatic N) is 3. The van der Waals surface area contributed by atoms with Crippen LogP contribution in [0.2, 0.25) is 0 Å². The van der Waals surface area contributed by atoms with E-state index in [2.05, 4.69) is 20.8 Å². The minimum Gasteiger partial charge on any atom is -0.366 e. The van der Waals surface area contributed by atoms with Crippen LogP contribution in [0.15, 0.2) is 4.52 Å². The highest BCUT2D eigenvalue weighted by molar-refractivity contribution is 5.78. The number of rotatable bonds is 5. The summed E-state index contributed by atoms with van der Waals surface area (Å²) in [4.78, 5) is 31.1. The average Bonchev–Trinajstić information content (AvgIpc) is 3.13. The van der Waals surface area contributed by atoms with Gasteiger partial charge in [-0.3, -0.25) is 4.79 Å². The Morgan fingerprint density at radius 1 is 1.17 bits per heavy atom. The Kier molecular flexibility index (Phi) is 5.16. The summed E-state index contributed by atoms with van der Waals surface area (Å²) in [6, 6.07) is -0.133. The maximum absolute atomic E-state index is 12.6. The fourth-order valence-electron chi connectivity index (χ4n) is 6.47. The van der Waals surface area contributed by atoms with Crippen molar-refractivity contribution >= 4 is 11.9 Å². The Morgan fingerprint density at radius 3 is 2.50 bits per heavy atom. The normalized spacial score (nSPS) is 34.8. The zero-order chi connectivity index (χ0) is 20.7. The van der Waals surface area contributed by atoms with E-state index in [0.29, 0.717) is 38.0 Å². The molecule has 6 rings (SSSR count). The molecule has 0 aromatic carbocycles. The van der Waals surface area contributed by atoms with Crippen molar-refractivity contribution in [3.05, 3.63) is 11.7 Å². The lowest BCUT2D eigenvalue weighted by molar-refractivity contribution is -0.139. The van der Waals surface area contributed by atoms with Gasteiger partial charge < -0.3 is 24.8 Å². The molecule has 5 aliphatic rings. The second-order valence-electron chi connectivity index (χ2n) is 9.70. The summed E-state index contributed by atoms with van der Waals surface area (Å²) < 4.78 is 10.7. The highest BCUT2D eigenvalue weighted by Gasteiger charge is 2.51. The van der Waals surface area contributed by atoms with E-state index < -0.39 is 0 Å². The Balaban J connectivity index is 1.07. The molecule has 1 aliphatic heterocycles. The van der Waals surface area contributed by atoms with Crippen LogP contribution in [-0.2, 0) is 9.53 Å². The van der Waals surface area contributed by atoms with Gasteiger partial charge in [-0.2, -0.15) is 4.98 Å². The molecule has 1 aromatic heterocycles. The Hall–Kier alpha value is -2.16. The van der Waals surface area contributed by atoms with Gasteiger partial charge in [0.25, 0.3) is 0 Å². The summed E-state index contributed by atoms with van der Waals surface area (Å²) in [7, 11) is 0. The molecule has 0 radical (unpaired) electrons. The zero-order valence-corrected chi connectivity index (χ0v) is 17.6. The van der Waals surface area contributed by atoms with Crippen molar-refractivity contribution in [3.8, 4) is 0 Å². The van der Waals surface area contributed by atoms with Crippen molar-refractivity contribution in [2.24, 2.45) is 17.8 Å². The SMILES string of the molecule is Cc1nc(C2CN(C(=O)CCNC(=O)NC34CC5CC(CC(C5)C3)C4)CCO2)no1. The van der Waals surface area contributed by atoms with Crippen LogP contribution in [0.3, 0.4) is 0 Å². The van der Waals surface area contributed by atoms with Gasteiger partial charge in [-0.05, 0) is 56.3 Å². The highest BCUT2D eigenvalue weighted by atomic mass is 16.5. The van der Waals surface area contributed by atoms with Gasteiger partial charge in [0.1, 0.15) is 6.10 Å². The van der Waals surface area contributed by atoms with Crippen molar-refractivity contribution in [3.63, 3.8) is 0 Å². The molecule has 1 unspecified atom stereocenters. The maximum Gasteiger partial charge on any atom is 0.315 e. The summed E-state index contributed by atoms with van der Waals surface area (Å²) in [5.74, 6) is 3.31. The molecule has 5 fully saturated rings. The number of hydrogen-bond donors (Lipinski definition) is 2. The van der Waals surface area contributed by atoms with Gasteiger partial charge in [0, 0.05) is 32.0 Å². The minimum atomic E-state index is -0.368. The number of aryl methyl sites for hydroxylation is 1. The molecule has 4 aliphatic carbocycles. The number of aromatic nitrogens is 2. The van der Waals surface area contributed by atoms with Gasteiger partial charge in [-0.25, -0.2) is 4.79 Å². The van der Waals surface area contributed by atoms with Crippen LogP contribution < -0.4 is 10.6 Å². The smallest absolute Gasteiger partial charge is 0.315 e. The second-order valence-corrected chi connectivity index (χ2v) is 9.70. The van der Waals surface area contributed by atoms with Crippen molar-refractivity contribution < 1.29 is 18.8 Å². The number of ether oxygens (including phenoxy) is 1. The van der Waals surface area contributed by atoms with Crippen LogP contribution in [0.5, 0.6) is 0 Å². The van der Waals surface area contributed by atoms with Crippen LogP contribution in [0.4, 0.5) is 4.79 Å². The van der Waals surface area contributed by atoms with Crippen LogP contribution in [0.1, 0.15) is 62.8 Å². The van der Waals surface area contributed by atoms with Gasteiger partial charge >= 0.3 is 6.03 Å². The molecule has 9 heteroatoms. The van der Waals surface area contributed by atoms with Crippen molar-refractivity contribution in [2.45, 2.75) is 63.5 Å². The van der Waals surface area contributed by atoms with Gasteiger partial charge in [-0.1, -0.05) is 5.16 Å². The summed E-state index contributed by atoms with van der Waals surface area (Å²) in [6.07, 6.45) is 7.31. The number of hydrogen-bond acceptors (Lipinski definition) is 6. The van der Waals surface area contributed by atoms with E-state index in [0.717, 1.165) is 37.0 Å². The largest absolute Gasteiger partial charge is 0.366 e. The van der Waals surface area contributed by atoms with Gasteiger partial charge in [0.2, 0.25) is 17.6 Å². The molecule has 4 bridgehead atoms. The predicted molar refractivity (Wildman–Crippen MR) is 106 cm³/mol. The number of amides is 3. The molecular formula is C21H31N5O4. The molecule has 3 amide bonds. The lowest BCUT2D eigenvalue weighted by atomic mass is 9.53. The molecule has 1 aromatic rings. The molecular weight excluding hydrogens is 386 g/mol. The number of carbonyl (C=O) groups is 2. The third-order valence-electron chi connectivity index (χ3n) is 7.29. The van der Waals surface area contributed by atoms with Crippen LogP contribution in [-0.4, -0.2) is 58.8 Å². The van der Waals surface area contributed by atoms with Gasteiger partial charge in [0.15, 0.2) is 0 Å². The van der Waals surface area contributed by atoms with E-state index in [1.165, 1.54) is 19.3 Å². The third kappa shape index (κ3) is 4.04. The fraction of sp³-hybridized carbons (Fsp3) is 0.810. The molecule has 0 spiro atoms. The Bertz CT molecular complexity index is 774. The average molecular weight is 418 g/mol. The summed E-state index contributed by atoms with van der Waals surface area (Å²) >= 11 is 0. The monoisotopic (exact) mass is 417 g/mol. The summed E-state index contributed by atoms with van der Waals surface area (Å²) in [5, 5.41) is 10.1. The van der Waals surface area contributed by atoms with Crippen molar-refractivity contribution in [1.82, 2.24) is 25.7 Å². The topological polar surface area (TPSA) is 110 Å². The number of morpholine rings is 1. The van der Waals surface area contributed by atoms with Crippen molar-refractivity contribution in [1.29, 1.82) is 0 Å². The van der Waals surface area contributed by atoms with Crippen LogP contribution in [0, 0.1) is 24.7 Å². The van der Waals surface area contributed by atoms with E-state index in [1.54, 1.807) is 11.8 Å². The second kappa shape index (κ2) is 7.83. The first-order chi connectivity index (χ1) is 14.5. The van der Waals surface area contributed by atoms with E-state index >= 15 is 0 Å². The van der Waals surface area contributed by atoms with Crippen molar-refractivity contribution in [2.75, 3.05) is 26.2 Å². The summed E-state index contributed by atoms with van der Waals surface area (Å²) in [5.41, 5.74) is -0.0109. The van der Waals surface area contributed by atoms with Crippen LogP contribution >= 0.6 is 0 Å².